The van der Waals surface area contributed by atoms with Crippen LogP contribution >= 0.6 is 0 Å². The molecular formula is C9H12O3. The molecule has 0 heterocycles. The summed E-state index contributed by atoms with van der Waals surface area (Å²) in [6.07, 6.45) is 8.64. The van der Waals surface area contributed by atoms with E-state index in [-0.39, 0.29) is 6.42 Å². The van der Waals surface area contributed by atoms with Crippen molar-refractivity contribution in [3.63, 3.8) is 0 Å². The molecule has 12 heavy (non-hydrogen) atoms. The monoisotopic (exact) mass is 168 g/mol. The first-order chi connectivity index (χ1) is 5.81. The van der Waals surface area contributed by atoms with E-state index in [2.05, 4.69) is 11.3 Å². The molecule has 0 aliphatic carbocycles. The van der Waals surface area contributed by atoms with Crippen LogP contribution in [0, 0.1) is 0 Å². The number of hydrogen-bond donors (Lipinski definition) is 1. The van der Waals surface area contributed by atoms with Crippen LogP contribution in [-0.2, 0) is 9.53 Å². The molecule has 0 radical (unpaired) electrons. The minimum atomic E-state index is -0.560. The lowest BCUT2D eigenvalue weighted by Crippen LogP contribution is -2.02. The fourth-order valence-electron chi connectivity index (χ4n) is 0.516. The molecule has 1 N–H and O–H groups in total. The lowest BCUT2D eigenvalue weighted by atomic mass is 10.3. The second kappa shape index (κ2) is 7.75. The maximum absolute atomic E-state index is 10.6. The van der Waals surface area contributed by atoms with Crippen LogP contribution in [-0.4, -0.2) is 17.9 Å². The molecule has 0 unspecified atom stereocenters. The van der Waals surface area contributed by atoms with E-state index in [0.29, 0.717) is 0 Å². The first-order valence-electron chi connectivity index (χ1n) is 3.52. The Morgan fingerprint density at radius 2 is 2.17 bits per heavy atom. The summed E-state index contributed by atoms with van der Waals surface area (Å²) in [5.41, 5.74) is 0. The Hall–Kier alpha value is -1.35. The molecule has 0 saturated carbocycles. The van der Waals surface area contributed by atoms with Crippen LogP contribution in [0.1, 0.15) is 6.42 Å². The number of rotatable bonds is 5. The fraction of sp³-hybridized carbons (Fsp3) is 0.222. The molecule has 0 aromatic carbocycles. The number of aliphatic hydroxyl groups excluding tert-OH is 1. The molecule has 0 aromatic rings. The minimum absolute atomic E-state index is 0.169. The number of carbonyl (C=O) groups is 1. The van der Waals surface area contributed by atoms with Crippen LogP contribution in [0.25, 0.3) is 0 Å². The lowest BCUT2D eigenvalue weighted by molar-refractivity contribution is -0.150. The molecule has 0 fully saturated rings. The van der Waals surface area contributed by atoms with Gasteiger partial charge in [-0.05, 0) is 0 Å². The zero-order chi connectivity index (χ0) is 9.23. The molecule has 0 amide bonds. The van der Waals surface area contributed by atoms with E-state index in [4.69, 9.17) is 5.11 Å². The zero-order valence-electron chi connectivity index (χ0n) is 6.77. The third-order valence-corrected chi connectivity index (χ3v) is 1.00. The molecule has 3 nitrogen and oxygen atoms in total. The highest BCUT2D eigenvalue weighted by Crippen LogP contribution is 1.88. The van der Waals surface area contributed by atoms with Crippen molar-refractivity contribution in [1.29, 1.82) is 0 Å². The van der Waals surface area contributed by atoms with E-state index in [0.717, 1.165) is 0 Å². The normalized spacial score (nSPS) is 10.8. The zero-order valence-corrected chi connectivity index (χ0v) is 6.77. The first kappa shape index (κ1) is 10.7. The molecule has 0 spiro atoms. The predicted octanol–water partition coefficient (Wildman–Crippen LogP) is 1.17. The highest BCUT2D eigenvalue weighted by atomic mass is 16.6. The summed E-state index contributed by atoms with van der Waals surface area (Å²) in [5, 5.41) is 8.18. The molecule has 0 rings (SSSR count). The van der Waals surface area contributed by atoms with Gasteiger partial charge in [0.25, 0.3) is 0 Å². The molecule has 0 aliphatic rings. The van der Waals surface area contributed by atoms with Crippen molar-refractivity contribution >= 4 is 5.97 Å². The maximum Gasteiger partial charge on any atom is 0.311 e. The van der Waals surface area contributed by atoms with Crippen LogP contribution in [0.5, 0.6) is 0 Å². The SMILES string of the molecule is C=C/C=C\C=C\CC(=O)OCO. The van der Waals surface area contributed by atoms with E-state index < -0.39 is 12.8 Å². The quantitative estimate of drug-likeness (QED) is 0.381. The van der Waals surface area contributed by atoms with Crippen molar-refractivity contribution in [3.8, 4) is 0 Å². The van der Waals surface area contributed by atoms with Gasteiger partial charge in [-0.1, -0.05) is 37.0 Å². The second-order valence-corrected chi connectivity index (χ2v) is 1.90. The summed E-state index contributed by atoms with van der Waals surface area (Å²) in [4.78, 5) is 10.6. The van der Waals surface area contributed by atoms with Crippen LogP contribution in [0.4, 0.5) is 0 Å². The van der Waals surface area contributed by atoms with Crippen molar-refractivity contribution in [2.24, 2.45) is 0 Å². The minimum Gasteiger partial charge on any atom is -0.438 e. The highest BCUT2D eigenvalue weighted by molar-refractivity contribution is 5.71. The summed E-state index contributed by atoms with van der Waals surface area (Å²) >= 11 is 0. The van der Waals surface area contributed by atoms with Gasteiger partial charge in [-0.2, -0.15) is 0 Å². The molecule has 0 atom stereocenters. The van der Waals surface area contributed by atoms with E-state index in [1.165, 1.54) is 0 Å². The second-order valence-electron chi connectivity index (χ2n) is 1.90. The number of allylic oxidation sites excluding steroid dienone is 4. The van der Waals surface area contributed by atoms with Crippen molar-refractivity contribution in [1.82, 2.24) is 0 Å². The Morgan fingerprint density at radius 1 is 1.42 bits per heavy atom. The molecule has 0 bridgehead atoms. The predicted molar refractivity (Wildman–Crippen MR) is 46.3 cm³/mol. The van der Waals surface area contributed by atoms with Gasteiger partial charge in [0, 0.05) is 0 Å². The average Bonchev–Trinajstić information content (AvgIpc) is 2.05. The van der Waals surface area contributed by atoms with E-state index in [9.17, 15) is 4.79 Å². The smallest absolute Gasteiger partial charge is 0.311 e. The van der Waals surface area contributed by atoms with Crippen LogP contribution < -0.4 is 0 Å². The van der Waals surface area contributed by atoms with Gasteiger partial charge in [0.05, 0.1) is 6.42 Å². The van der Waals surface area contributed by atoms with Gasteiger partial charge in [-0.15, -0.1) is 0 Å². The largest absolute Gasteiger partial charge is 0.438 e. The number of aliphatic hydroxyl groups is 1. The lowest BCUT2D eigenvalue weighted by Gasteiger charge is -1.94. The number of hydrogen-bond acceptors (Lipinski definition) is 3. The summed E-state index contributed by atoms with van der Waals surface area (Å²) in [6, 6.07) is 0. The first-order valence-corrected chi connectivity index (χ1v) is 3.52. The average molecular weight is 168 g/mol. The maximum atomic E-state index is 10.6. The highest BCUT2D eigenvalue weighted by Gasteiger charge is 1.95. The Bertz CT molecular complexity index is 192. The molecule has 0 saturated heterocycles. The van der Waals surface area contributed by atoms with Gasteiger partial charge >= 0.3 is 5.97 Å². The van der Waals surface area contributed by atoms with Gasteiger partial charge in [0.15, 0.2) is 6.79 Å². The van der Waals surface area contributed by atoms with Crippen molar-refractivity contribution in [2.45, 2.75) is 6.42 Å². The Morgan fingerprint density at radius 3 is 2.75 bits per heavy atom. The summed E-state index contributed by atoms with van der Waals surface area (Å²) in [7, 11) is 0. The van der Waals surface area contributed by atoms with Crippen molar-refractivity contribution in [3.05, 3.63) is 37.0 Å². The summed E-state index contributed by atoms with van der Waals surface area (Å²) < 4.78 is 4.27. The Labute approximate surface area is 71.7 Å². The van der Waals surface area contributed by atoms with Gasteiger partial charge in [-0.3, -0.25) is 4.79 Å². The third kappa shape index (κ3) is 6.77. The standard InChI is InChI=1S/C9H12O3/c1-2-3-4-5-6-7-9(11)12-8-10/h2-6,10H,1,7-8H2/b4-3-,6-5+. The van der Waals surface area contributed by atoms with Gasteiger partial charge in [0.1, 0.15) is 0 Å². The Kier molecular flexibility index (Phi) is 6.88. The number of carbonyl (C=O) groups excluding carboxylic acids is 1. The van der Waals surface area contributed by atoms with Gasteiger partial charge < -0.3 is 9.84 Å². The number of ether oxygens (including phenoxy) is 1. The van der Waals surface area contributed by atoms with E-state index in [1.807, 2.05) is 0 Å². The van der Waals surface area contributed by atoms with E-state index in [1.54, 1.807) is 30.4 Å². The van der Waals surface area contributed by atoms with Gasteiger partial charge in [0.2, 0.25) is 0 Å². The Balaban J connectivity index is 3.52. The summed E-state index contributed by atoms with van der Waals surface area (Å²) in [6.45, 7) is 2.92. The molecule has 0 aromatic heterocycles. The van der Waals surface area contributed by atoms with Crippen molar-refractivity contribution < 1.29 is 14.6 Å². The van der Waals surface area contributed by atoms with Crippen LogP contribution in [0.15, 0.2) is 37.0 Å². The molecule has 66 valence electrons. The number of esters is 1. The van der Waals surface area contributed by atoms with Crippen LogP contribution in [0.3, 0.4) is 0 Å². The summed E-state index contributed by atoms with van der Waals surface area (Å²) in [5.74, 6) is -0.444. The fourth-order valence-corrected chi connectivity index (χ4v) is 0.516. The van der Waals surface area contributed by atoms with Crippen molar-refractivity contribution in [2.75, 3.05) is 6.79 Å². The van der Waals surface area contributed by atoms with E-state index >= 15 is 0 Å². The molecular weight excluding hydrogens is 156 g/mol. The molecule has 0 aliphatic heterocycles. The topological polar surface area (TPSA) is 46.5 Å². The third-order valence-electron chi connectivity index (χ3n) is 1.00. The molecule has 3 heteroatoms. The van der Waals surface area contributed by atoms with Gasteiger partial charge in [-0.25, -0.2) is 0 Å². The van der Waals surface area contributed by atoms with Crippen LogP contribution in [0.2, 0.25) is 0 Å².